The van der Waals surface area contributed by atoms with E-state index in [1.165, 1.54) is 12.8 Å². The maximum atomic E-state index is 12.2. The largest absolute Gasteiger partial charge is 0.481 e. The van der Waals surface area contributed by atoms with Gasteiger partial charge in [0.15, 0.2) is 0 Å². The number of aliphatic carboxylic acids is 1. The van der Waals surface area contributed by atoms with Gasteiger partial charge in [-0.25, -0.2) is 0 Å². The number of amides is 1. The summed E-state index contributed by atoms with van der Waals surface area (Å²) in [5.41, 5.74) is 5.99. The van der Waals surface area contributed by atoms with Gasteiger partial charge in [0, 0.05) is 32.6 Å². The van der Waals surface area contributed by atoms with Crippen LogP contribution in [-0.2, 0) is 9.59 Å². The van der Waals surface area contributed by atoms with Gasteiger partial charge in [0.2, 0.25) is 5.91 Å². The third kappa shape index (κ3) is 5.63. The van der Waals surface area contributed by atoms with Gasteiger partial charge in [0.05, 0.1) is 6.04 Å². The zero-order valence-electron chi connectivity index (χ0n) is 12.7. The zero-order chi connectivity index (χ0) is 15.2. The monoisotopic (exact) mass is 297 g/mol. The fourth-order valence-electron chi connectivity index (χ4n) is 2.85. The second-order valence-corrected chi connectivity index (χ2v) is 6.30. The molecular formula is C15H27N3O3. The third-order valence-electron chi connectivity index (χ3n) is 4.40. The number of nitrogens with two attached hydrogens (primary N) is 1. The molecule has 1 heterocycles. The second kappa shape index (κ2) is 7.75. The lowest BCUT2D eigenvalue weighted by atomic mass is 10.1. The minimum Gasteiger partial charge on any atom is -0.481 e. The van der Waals surface area contributed by atoms with Gasteiger partial charge in [-0.1, -0.05) is 12.8 Å². The van der Waals surface area contributed by atoms with Crippen molar-refractivity contribution in [3.8, 4) is 0 Å². The van der Waals surface area contributed by atoms with Crippen LogP contribution in [0.5, 0.6) is 0 Å². The molecule has 2 aliphatic rings. The molecule has 1 aliphatic heterocycles. The highest BCUT2D eigenvalue weighted by atomic mass is 16.4. The fourth-order valence-corrected chi connectivity index (χ4v) is 2.85. The molecule has 6 nitrogen and oxygen atoms in total. The minimum absolute atomic E-state index is 0.104. The zero-order valence-corrected chi connectivity index (χ0v) is 12.7. The SMILES string of the molecule is N[C@@H](CC1CC1)C(=O)N1CCN(CCCCC(=O)O)CC1. The van der Waals surface area contributed by atoms with E-state index in [1.807, 2.05) is 4.90 Å². The van der Waals surface area contributed by atoms with Crippen molar-refractivity contribution in [3.63, 3.8) is 0 Å². The van der Waals surface area contributed by atoms with E-state index in [2.05, 4.69) is 4.90 Å². The standard InChI is InChI=1S/C15H27N3O3/c16-13(11-12-4-5-12)15(21)18-9-7-17(8-10-18)6-2-1-3-14(19)20/h12-13H,1-11,16H2,(H,19,20)/t13-/m0/s1. The molecule has 2 rings (SSSR count). The van der Waals surface area contributed by atoms with Gasteiger partial charge in [-0.2, -0.15) is 0 Å². The van der Waals surface area contributed by atoms with Crippen LogP contribution in [0.3, 0.4) is 0 Å². The van der Waals surface area contributed by atoms with E-state index in [9.17, 15) is 9.59 Å². The van der Waals surface area contributed by atoms with Gasteiger partial charge in [0.1, 0.15) is 0 Å². The first kappa shape index (κ1) is 16.2. The summed E-state index contributed by atoms with van der Waals surface area (Å²) in [6.07, 6.45) is 5.17. The van der Waals surface area contributed by atoms with Crippen LogP contribution < -0.4 is 5.73 Å². The van der Waals surface area contributed by atoms with E-state index in [0.29, 0.717) is 5.92 Å². The molecule has 21 heavy (non-hydrogen) atoms. The van der Waals surface area contributed by atoms with Gasteiger partial charge in [-0.05, 0) is 31.7 Å². The number of hydrogen-bond acceptors (Lipinski definition) is 4. The summed E-state index contributed by atoms with van der Waals surface area (Å²) in [4.78, 5) is 26.9. The molecule has 1 saturated carbocycles. The molecule has 6 heteroatoms. The molecule has 2 fully saturated rings. The molecule has 120 valence electrons. The second-order valence-electron chi connectivity index (χ2n) is 6.30. The lowest BCUT2D eigenvalue weighted by Gasteiger charge is -2.36. The summed E-state index contributed by atoms with van der Waals surface area (Å²) >= 11 is 0. The lowest BCUT2D eigenvalue weighted by molar-refractivity contribution is -0.137. The molecule has 0 bridgehead atoms. The van der Waals surface area contributed by atoms with E-state index in [4.69, 9.17) is 10.8 Å². The lowest BCUT2D eigenvalue weighted by Crippen LogP contribution is -2.53. The summed E-state index contributed by atoms with van der Waals surface area (Å²) in [6, 6.07) is -0.320. The van der Waals surface area contributed by atoms with Crippen molar-refractivity contribution in [2.24, 2.45) is 11.7 Å². The number of unbranched alkanes of at least 4 members (excludes halogenated alkanes) is 1. The van der Waals surface area contributed by atoms with Gasteiger partial charge in [-0.15, -0.1) is 0 Å². The van der Waals surface area contributed by atoms with Crippen molar-refractivity contribution in [3.05, 3.63) is 0 Å². The van der Waals surface area contributed by atoms with Crippen LogP contribution in [0.2, 0.25) is 0 Å². The van der Waals surface area contributed by atoms with Crippen LogP contribution in [0.15, 0.2) is 0 Å². The molecule has 1 saturated heterocycles. The number of carboxylic acid groups (broad SMARTS) is 1. The smallest absolute Gasteiger partial charge is 0.303 e. The van der Waals surface area contributed by atoms with Gasteiger partial charge in [-0.3, -0.25) is 14.5 Å². The Balaban J connectivity index is 1.60. The van der Waals surface area contributed by atoms with Crippen LogP contribution in [0.1, 0.15) is 38.5 Å². The molecule has 3 N–H and O–H groups in total. The Morgan fingerprint density at radius 3 is 2.38 bits per heavy atom. The quantitative estimate of drug-likeness (QED) is 0.638. The summed E-state index contributed by atoms with van der Waals surface area (Å²) < 4.78 is 0. The topological polar surface area (TPSA) is 86.9 Å². The molecule has 0 radical (unpaired) electrons. The molecule has 0 aromatic carbocycles. The van der Waals surface area contributed by atoms with Crippen LogP contribution in [0.25, 0.3) is 0 Å². The highest BCUT2D eigenvalue weighted by molar-refractivity contribution is 5.81. The molecular weight excluding hydrogens is 270 g/mol. The Morgan fingerprint density at radius 1 is 1.14 bits per heavy atom. The number of rotatable bonds is 8. The minimum atomic E-state index is -0.727. The number of piperazine rings is 1. The Bertz CT molecular complexity index is 363. The Kier molecular flexibility index (Phi) is 5.99. The summed E-state index contributed by atoms with van der Waals surface area (Å²) in [5, 5.41) is 8.60. The molecule has 0 spiro atoms. The van der Waals surface area contributed by atoms with Crippen molar-refractivity contribution in [2.45, 2.75) is 44.6 Å². The molecule has 0 unspecified atom stereocenters. The van der Waals surface area contributed by atoms with E-state index in [-0.39, 0.29) is 18.4 Å². The first-order valence-corrected chi connectivity index (χ1v) is 8.05. The van der Waals surface area contributed by atoms with Crippen molar-refractivity contribution >= 4 is 11.9 Å². The third-order valence-corrected chi connectivity index (χ3v) is 4.40. The maximum absolute atomic E-state index is 12.2. The Morgan fingerprint density at radius 2 is 1.81 bits per heavy atom. The van der Waals surface area contributed by atoms with Crippen LogP contribution in [0, 0.1) is 5.92 Å². The first-order chi connectivity index (χ1) is 10.1. The number of carbonyl (C=O) groups excluding carboxylic acids is 1. The van der Waals surface area contributed by atoms with E-state index in [0.717, 1.165) is 52.0 Å². The van der Waals surface area contributed by atoms with Crippen molar-refractivity contribution < 1.29 is 14.7 Å². The average molecular weight is 297 g/mol. The maximum Gasteiger partial charge on any atom is 0.303 e. The van der Waals surface area contributed by atoms with Gasteiger partial charge < -0.3 is 15.7 Å². The highest BCUT2D eigenvalue weighted by Crippen LogP contribution is 2.33. The van der Waals surface area contributed by atoms with Crippen LogP contribution in [0.4, 0.5) is 0 Å². The first-order valence-electron chi connectivity index (χ1n) is 8.05. The molecule has 1 amide bonds. The van der Waals surface area contributed by atoms with Crippen LogP contribution >= 0.6 is 0 Å². The Labute approximate surface area is 126 Å². The van der Waals surface area contributed by atoms with Crippen LogP contribution in [-0.4, -0.2) is 65.5 Å². The molecule has 1 aliphatic carbocycles. The molecule has 0 aromatic heterocycles. The average Bonchev–Trinajstić information content (AvgIpc) is 3.27. The number of nitrogens with zero attached hydrogens (tertiary/aromatic N) is 2. The number of carboxylic acids is 1. The van der Waals surface area contributed by atoms with Gasteiger partial charge in [0.25, 0.3) is 0 Å². The summed E-state index contributed by atoms with van der Waals surface area (Å²) in [7, 11) is 0. The van der Waals surface area contributed by atoms with Crippen molar-refractivity contribution in [2.75, 3.05) is 32.7 Å². The number of hydrogen-bond donors (Lipinski definition) is 2. The van der Waals surface area contributed by atoms with Crippen molar-refractivity contribution in [1.29, 1.82) is 0 Å². The van der Waals surface area contributed by atoms with Crippen molar-refractivity contribution in [1.82, 2.24) is 9.80 Å². The Hall–Kier alpha value is -1.14. The fraction of sp³-hybridized carbons (Fsp3) is 0.867. The van der Waals surface area contributed by atoms with Gasteiger partial charge >= 0.3 is 5.97 Å². The molecule has 1 atom stereocenters. The summed E-state index contributed by atoms with van der Waals surface area (Å²) in [5.74, 6) is 0.0574. The normalized spacial score (nSPS) is 21.3. The predicted octanol–water partition coefficient (Wildman–Crippen LogP) is 0.513. The number of carbonyl (C=O) groups is 2. The van der Waals surface area contributed by atoms with E-state index in [1.54, 1.807) is 0 Å². The molecule has 0 aromatic rings. The highest BCUT2D eigenvalue weighted by Gasteiger charge is 2.30. The van der Waals surface area contributed by atoms with E-state index < -0.39 is 5.97 Å². The summed E-state index contributed by atoms with van der Waals surface area (Å²) in [6.45, 7) is 4.15. The predicted molar refractivity (Wildman–Crippen MR) is 79.8 cm³/mol. The van der Waals surface area contributed by atoms with E-state index >= 15 is 0 Å².